The summed E-state index contributed by atoms with van der Waals surface area (Å²) in [6, 6.07) is 7.90. The Balaban J connectivity index is 2.51. The second-order valence-corrected chi connectivity index (χ2v) is 6.94. The number of aliphatic carboxylic acids is 1. The van der Waals surface area contributed by atoms with E-state index < -0.39 is 33.5 Å². The average molecular weight is 321 g/mol. The maximum absolute atomic E-state index is 12.5. The van der Waals surface area contributed by atoms with E-state index in [1.54, 1.807) is 51.1 Å². The van der Waals surface area contributed by atoms with Gasteiger partial charge in [0.15, 0.2) is 5.54 Å². The van der Waals surface area contributed by atoms with Gasteiger partial charge in [0.05, 0.1) is 0 Å². The first-order valence-corrected chi connectivity index (χ1v) is 7.26. The predicted octanol–water partition coefficient (Wildman–Crippen LogP) is 2.27. The number of carbonyl (C=O) groups excluding carboxylic acids is 1. The lowest BCUT2D eigenvalue weighted by Gasteiger charge is -2.35. The molecule has 7 nitrogen and oxygen atoms in total. The van der Waals surface area contributed by atoms with E-state index in [1.165, 1.54) is 0 Å². The topological polar surface area (TPSA) is 104 Å². The van der Waals surface area contributed by atoms with Gasteiger partial charge in [-0.2, -0.15) is 4.79 Å². The van der Waals surface area contributed by atoms with Crippen LogP contribution >= 0.6 is 0 Å². The van der Waals surface area contributed by atoms with Gasteiger partial charge < -0.3 is 10.2 Å². The highest BCUT2D eigenvalue weighted by Crippen LogP contribution is 2.39. The van der Waals surface area contributed by atoms with Crippen molar-refractivity contribution in [2.75, 3.05) is 6.54 Å². The lowest BCUT2D eigenvalue weighted by atomic mass is 9.73. The van der Waals surface area contributed by atoms with Crippen LogP contribution in [0.2, 0.25) is 0 Å². The molecule has 1 aromatic rings. The van der Waals surface area contributed by atoms with E-state index >= 15 is 0 Å². The number of carbonyl (C=O) groups is 3. The van der Waals surface area contributed by atoms with Crippen molar-refractivity contribution in [3.63, 3.8) is 0 Å². The van der Waals surface area contributed by atoms with Crippen LogP contribution in [0.5, 0.6) is 0 Å². The first-order chi connectivity index (χ1) is 10.5. The first kappa shape index (κ1) is 17.0. The third kappa shape index (κ3) is 2.57. The van der Waals surface area contributed by atoms with E-state index in [-0.39, 0.29) is 13.1 Å². The van der Waals surface area contributed by atoms with Gasteiger partial charge in [-0.15, -0.1) is 4.48 Å². The number of benzene rings is 1. The van der Waals surface area contributed by atoms with Crippen LogP contribution in [0.3, 0.4) is 0 Å². The predicted molar refractivity (Wildman–Crippen MR) is 81.7 cm³/mol. The molecule has 0 aliphatic carbocycles. The smallest absolute Gasteiger partial charge is 0.479 e. The van der Waals surface area contributed by atoms with Gasteiger partial charge in [0, 0.05) is 11.0 Å². The molecule has 23 heavy (non-hydrogen) atoms. The Hall–Kier alpha value is -2.41. The number of nitrogens with zero attached hydrogens (tertiary/aromatic N) is 1. The van der Waals surface area contributed by atoms with Crippen molar-refractivity contribution < 1.29 is 29.1 Å². The minimum Gasteiger partial charge on any atom is -0.479 e. The Labute approximate surface area is 134 Å². The summed E-state index contributed by atoms with van der Waals surface area (Å²) in [5.74, 6) is -1.23. The standard InChI is InChI=1S/C16H20N2O5/c1-15(2,3)16(12(19)20)10-18(14(22)23,13(21)17-16)9-11-7-5-4-6-8-11/h4-8H,9-10H2,1-3H3,(H2-,17,19,20,21,22,23)/p+1. The summed E-state index contributed by atoms with van der Waals surface area (Å²) in [4.78, 5) is 36.3. The quantitative estimate of drug-likeness (QED) is 0.741. The third-order valence-electron chi connectivity index (χ3n) is 4.52. The van der Waals surface area contributed by atoms with Crippen LogP contribution in [0.25, 0.3) is 0 Å². The third-order valence-corrected chi connectivity index (χ3v) is 4.52. The Morgan fingerprint density at radius 1 is 1.22 bits per heavy atom. The van der Waals surface area contributed by atoms with Crippen LogP contribution in [0, 0.1) is 5.41 Å². The number of rotatable bonds is 3. The minimum atomic E-state index is -1.64. The summed E-state index contributed by atoms with van der Waals surface area (Å²) >= 11 is 0. The maximum atomic E-state index is 12.5. The molecular weight excluding hydrogens is 300 g/mol. The van der Waals surface area contributed by atoms with Gasteiger partial charge in [-0.25, -0.2) is 9.59 Å². The summed E-state index contributed by atoms with van der Waals surface area (Å²) in [6.07, 6.45) is -1.36. The number of carboxylic acid groups (broad SMARTS) is 2. The minimum absolute atomic E-state index is 0.104. The number of quaternary nitrogens is 1. The largest absolute Gasteiger partial charge is 0.523 e. The molecule has 0 spiro atoms. The number of imide groups is 1. The van der Waals surface area contributed by atoms with Gasteiger partial charge in [-0.3, -0.25) is 5.32 Å². The molecule has 7 heteroatoms. The Morgan fingerprint density at radius 2 is 1.78 bits per heavy atom. The highest BCUT2D eigenvalue weighted by atomic mass is 16.4. The van der Waals surface area contributed by atoms with Gasteiger partial charge >= 0.3 is 18.1 Å². The Kier molecular flexibility index (Phi) is 3.94. The van der Waals surface area contributed by atoms with Crippen molar-refractivity contribution in [1.82, 2.24) is 5.32 Å². The summed E-state index contributed by atoms with van der Waals surface area (Å²) in [5.41, 5.74) is -1.84. The number of urea groups is 1. The summed E-state index contributed by atoms with van der Waals surface area (Å²) < 4.78 is -0.979. The fourth-order valence-corrected chi connectivity index (χ4v) is 2.92. The zero-order valence-corrected chi connectivity index (χ0v) is 13.4. The molecule has 3 N–H and O–H groups in total. The second-order valence-electron chi connectivity index (χ2n) is 6.94. The highest BCUT2D eigenvalue weighted by Gasteiger charge is 2.67. The van der Waals surface area contributed by atoms with Crippen LogP contribution < -0.4 is 5.32 Å². The monoisotopic (exact) mass is 321 g/mol. The Bertz CT molecular complexity index is 652. The van der Waals surface area contributed by atoms with Gasteiger partial charge in [0.2, 0.25) is 0 Å². The molecule has 2 rings (SSSR count). The number of carboxylic acids is 1. The molecule has 2 atom stereocenters. The lowest BCUT2D eigenvalue weighted by molar-refractivity contribution is -0.783. The zero-order chi connectivity index (χ0) is 17.5. The molecule has 1 saturated heterocycles. The number of hydrogen-bond acceptors (Lipinski definition) is 3. The number of hydrogen-bond donors (Lipinski definition) is 3. The van der Waals surface area contributed by atoms with Crippen LogP contribution in [0.4, 0.5) is 9.59 Å². The summed E-state index contributed by atoms with van der Waals surface area (Å²) in [5, 5.41) is 21.8. The normalized spacial score (nSPS) is 27.5. The lowest BCUT2D eigenvalue weighted by Crippen LogP contribution is -2.61. The molecule has 1 fully saturated rings. The van der Waals surface area contributed by atoms with Crippen molar-refractivity contribution in [1.29, 1.82) is 0 Å². The number of nitrogens with one attached hydrogen (secondary N) is 1. The molecule has 0 saturated carbocycles. The van der Waals surface area contributed by atoms with E-state index in [2.05, 4.69) is 5.32 Å². The molecule has 0 bridgehead atoms. The summed E-state index contributed by atoms with van der Waals surface area (Å²) in [7, 11) is 0. The van der Waals surface area contributed by atoms with Gasteiger partial charge in [0.25, 0.3) is 0 Å². The van der Waals surface area contributed by atoms with Gasteiger partial charge in [0.1, 0.15) is 13.1 Å². The Morgan fingerprint density at radius 3 is 2.17 bits per heavy atom. The van der Waals surface area contributed by atoms with Crippen molar-refractivity contribution in [3.05, 3.63) is 35.9 Å². The highest BCUT2D eigenvalue weighted by molar-refractivity contribution is 5.91. The SMILES string of the molecule is CC(C)(C)C1(C(=O)O)C[N+](Cc2ccccc2)(C(=O)O)C(=O)N1. The molecule has 0 radical (unpaired) electrons. The maximum Gasteiger partial charge on any atom is 0.523 e. The van der Waals surface area contributed by atoms with Crippen molar-refractivity contribution in [3.8, 4) is 0 Å². The van der Waals surface area contributed by atoms with E-state index in [9.17, 15) is 24.6 Å². The van der Waals surface area contributed by atoms with E-state index in [0.29, 0.717) is 5.56 Å². The molecular formula is C16H21N2O5+. The number of amides is 3. The van der Waals surface area contributed by atoms with E-state index in [1.807, 2.05) is 0 Å². The molecule has 1 aromatic carbocycles. The first-order valence-electron chi connectivity index (χ1n) is 7.26. The molecule has 1 heterocycles. The second kappa shape index (κ2) is 5.34. The van der Waals surface area contributed by atoms with Gasteiger partial charge in [-0.05, 0) is 0 Å². The van der Waals surface area contributed by atoms with Crippen LogP contribution in [0.15, 0.2) is 30.3 Å². The van der Waals surface area contributed by atoms with Crippen molar-refractivity contribution in [2.24, 2.45) is 5.41 Å². The van der Waals surface area contributed by atoms with Crippen molar-refractivity contribution in [2.45, 2.75) is 32.9 Å². The molecule has 3 amide bonds. The fourth-order valence-electron chi connectivity index (χ4n) is 2.92. The molecule has 2 unspecified atom stereocenters. The zero-order valence-electron chi connectivity index (χ0n) is 13.4. The molecule has 1 aliphatic rings. The van der Waals surface area contributed by atoms with E-state index in [4.69, 9.17) is 0 Å². The average Bonchev–Trinajstić information content (AvgIpc) is 2.75. The van der Waals surface area contributed by atoms with Crippen molar-refractivity contribution >= 4 is 18.1 Å². The molecule has 0 aromatic heterocycles. The van der Waals surface area contributed by atoms with Crippen LogP contribution in [-0.2, 0) is 11.3 Å². The molecule has 124 valence electrons. The summed E-state index contributed by atoms with van der Waals surface area (Å²) in [6.45, 7) is 4.56. The fraction of sp³-hybridized carbons (Fsp3) is 0.438. The van der Waals surface area contributed by atoms with E-state index in [0.717, 1.165) is 0 Å². The van der Waals surface area contributed by atoms with Gasteiger partial charge in [-0.1, -0.05) is 51.1 Å². The van der Waals surface area contributed by atoms with Crippen LogP contribution in [-0.4, -0.2) is 44.9 Å². The van der Waals surface area contributed by atoms with Crippen LogP contribution in [0.1, 0.15) is 26.3 Å². The molecule has 1 aliphatic heterocycles.